The Kier molecular flexibility index (Phi) is 6.47. The standard InChI is InChI=1S/C39H51ClN2O/c1-9-20-41-34(43)39-17-14-25(23(2)3)32(39)28-11-13-31-36(6)22-27-26-21-24(40)10-12-29(26)42-33(27)35(4,5)30(36)15-16-38(31,8)37(28,7)18-19-39/h1,10,12,21,25,28,30-32,42H,2,11,13-20,22H2,3-8H3,(H,41,43)/t25?,28?,30?,31?,32?,36-,37+,38+,39-/m0/s1. The molecule has 0 saturated heterocycles. The molecular formula is C39H51ClN2O. The summed E-state index contributed by atoms with van der Waals surface area (Å²) in [4.78, 5) is 17.8. The molecule has 5 aliphatic carbocycles. The smallest absolute Gasteiger partial charge is 0.227 e. The first-order valence-electron chi connectivity index (χ1n) is 16.9. The summed E-state index contributed by atoms with van der Waals surface area (Å²) in [5.74, 6) is 5.44. The highest BCUT2D eigenvalue weighted by atomic mass is 35.5. The van der Waals surface area contributed by atoms with E-state index in [1.54, 1.807) is 0 Å². The van der Waals surface area contributed by atoms with Gasteiger partial charge in [0.25, 0.3) is 0 Å². The van der Waals surface area contributed by atoms with Crippen molar-refractivity contribution in [3.05, 3.63) is 46.6 Å². The number of halogens is 1. The number of fused-ring (bicyclic) bond motifs is 10. The number of H-pyrrole nitrogens is 1. The third-order valence-electron chi connectivity index (χ3n) is 15.1. The lowest BCUT2D eigenvalue weighted by Gasteiger charge is -2.72. The van der Waals surface area contributed by atoms with Gasteiger partial charge < -0.3 is 10.3 Å². The highest BCUT2D eigenvalue weighted by Crippen LogP contribution is 2.77. The first-order chi connectivity index (χ1) is 20.2. The molecule has 2 aromatic rings. The molecule has 5 unspecified atom stereocenters. The van der Waals surface area contributed by atoms with Crippen LogP contribution in [0, 0.1) is 63.6 Å². The predicted molar refractivity (Wildman–Crippen MR) is 178 cm³/mol. The average Bonchev–Trinajstić information content (AvgIpc) is 3.52. The molecule has 4 fully saturated rings. The van der Waals surface area contributed by atoms with E-state index in [9.17, 15) is 4.79 Å². The van der Waals surface area contributed by atoms with Crippen LogP contribution in [0.2, 0.25) is 5.02 Å². The van der Waals surface area contributed by atoms with E-state index >= 15 is 0 Å². The molecule has 1 heterocycles. The van der Waals surface area contributed by atoms with E-state index < -0.39 is 0 Å². The number of allylic oxidation sites excluding steroid dienone is 1. The van der Waals surface area contributed by atoms with Crippen LogP contribution >= 0.6 is 11.6 Å². The van der Waals surface area contributed by atoms with Gasteiger partial charge in [0.15, 0.2) is 0 Å². The molecule has 1 aromatic carbocycles. The lowest BCUT2D eigenvalue weighted by atomic mass is 9.32. The summed E-state index contributed by atoms with van der Waals surface area (Å²) >= 11 is 6.57. The van der Waals surface area contributed by atoms with Crippen LogP contribution in [0.25, 0.3) is 10.9 Å². The van der Waals surface area contributed by atoms with Crippen molar-refractivity contribution in [2.24, 2.45) is 51.2 Å². The van der Waals surface area contributed by atoms with Crippen LogP contribution in [-0.4, -0.2) is 17.4 Å². The average molecular weight is 599 g/mol. The van der Waals surface area contributed by atoms with Crippen molar-refractivity contribution >= 4 is 28.4 Å². The Morgan fingerprint density at radius 1 is 1.05 bits per heavy atom. The fraction of sp³-hybridized carbons (Fsp3) is 0.667. The third-order valence-corrected chi connectivity index (χ3v) is 15.3. The fourth-order valence-corrected chi connectivity index (χ4v) is 13.3. The number of amides is 1. The molecule has 2 N–H and O–H groups in total. The Hall–Kier alpha value is -2.18. The number of carbonyl (C=O) groups is 1. The molecule has 3 nitrogen and oxygen atoms in total. The number of aromatic nitrogens is 1. The summed E-state index contributed by atoms with van der Waals surface area (Å²) in [5, 5.41) is 5.30. The minimum atomic E-state index is -0.306. The summed E-state index contributed by atoms with van der Waals surface area (Å²) in [6.07, 6.45) is 15.9. The molecule has 1 amide bonds. The Morgan fingerprint density at radius 3 is 2.53 bits per heavy atom. The molecule has 9 atom stereocenters. The van der Waals surface area contributed by atoms with Gasteiger partial charge in [-0.05, 0) is 134 Å². The zero-order valence-electron chi connectivity index (χ0n) is 27.3. The monoisotopic (exact) mass is 598 g/mol. The zero-order chi connectivity index (χ0) is 30.7. The maximum Gasteiger partial charge on any atom is 0.227 e. The largest absolute Gasteiger partial charge is 0.358 e. The fourth-order valence-electron chi connectivity index (χ4n) is 13.1. The minimum absolute atomic E-state index is 0.0697. The van der Waals surface area contributed by atoms with E-state index in [2.05, 4.69) is 76.5 Å². The topological polar surface area (TPSA) is 44.9 Å². The number of hydrogen-bond acceptors (Lipinski definition) is 1. The highest BCUT2D eigenvalue weighted by Gasteiger charge is 2.71. The summed E-state index contributed by atoms with van der Waals surface area (Å²) in [5.41, 5.74) is 5.82. The molecule has 0 spiro atoms. The van der Waals surface area contributed by atoms with Crippen molar-refractivity contribution < 1.29 is 4.79 Å². The number of carbonyl (C=O) groups excluding carboxylic acids is 1. The van der Waals surface area contributed by atoms with Gasteiger partial charge >= 0.3 is 0 Å². The molecule has 4 heteroatoms. The van der Waals surface area contributed by atoms with Crippen LogP contribution in [0.15, 0.2) is 30.4 Å². The summed E-state index contributed by atoms with van der Waals surface area (Å²) < 4.78 is 0. The maximum absolute atomic E-state index is 14.0. The van der Waals surface area contributed by atoms with Crippen LogP contribution in [0.5, 0.6) is 0 Å². The quantitative estimate of drug-likeness (QED) is 0.268. The molecule has 1 aromatic heterocycles. The zero-order valence-corrected chi connectivity index (χ0v) is 28.0. The highest BCUT2D eigenvalue weighted by molar-refractivity contribution is 6.31. The van der Waals surface area contributed by atoms with E-state index in [4.69, 9.17) is 18.0 Å². The molecular weight excluding hydrogens is 548 g/mol. The molecule has 5 aliphatic rings. The molecule has 230 valence electrons. The van der Waals surface area contributed by atoms with E-state index in [1.807, 2.05) is 6.07 Å². The van der Waals surface area contributed by atoms with Crippen molar-refractivity contribution in [3.8, 4) is 12.3 Å². The minimum Gasteiger partial charge on any atom is -0.358 e. The number of nitrogens with one attached hydrogen (secondary N) is 2. The number of terminal acetylenes is 1. The SMILES string of the molecule is C#CCNC(=O)[C@]12CCC(C(=C)C)C1C1CCC3[C@@]4(C)Cc5c([nH]c6ccc(Cl)cc56)C(C)(C)C4CC[C@@]3(C)[C@]1(C)CC2. The van der Waals surface area contributed by atoms with E-state index in [0.29, 0.717) is 36.1 Å². The van der Waals surface area contributed by atoms with E-state index in [-0.39, 0.29) is 33.0 Å². The Bertz CT molecular complexity index is 1560. The van der Waals surface area contributed by atoms with Crippen molar-refractivity contribution in [1.82, 2.24) is 10.3 Å². The van der Waals surface area contributed by atoms with Crippen LogP contribution in [-0.2, 0) is 16.6 Å². The Balaban J connectivity index is 1.31. The summed E-state index contributed by atoms with van der Waals surface area (Å²) in [7, 11) is 0. The summed E-state index contributed by atoms with van der Waals surface area (Å²) in [6.45, 7) is 20.0. The van der Waals surface area contributed by atoms with Crippen LogP contribution in [0.4, 0.5) is 0 Å². The van der Waals surface area contributed by atoms with Gasteiger partial charge in [0, 0.05) is 27.0 Å². The second kappa shape index (κ2) is 9.42. The van der Waals surface area contributed by atoms with Crippen molar-refractivity contribution in [3.63, 3.8) is 0 Å². The van der Waals surface area contributed by atoms with Gasteiger partial charge in [0.2, 0.25) is 5.91 Å². The van der Waals surface area contributed by atoms with Crippen LogP contribution in [0.1, 0.15) is 104 Å². The molecule has 0 radical (unpaired) electrons. The van der Waals surface area contributed by atoms with Gasteiger partial charge in [0.1, 0.15) is 0 Å². The Morgan fingerprint density at radius 2 is 1.81 bits per heavy atom. The lowest BCUT2D eigenvalue weighted by Crippen LogP contribution is -2.67. The van der Waals surface area contributed by atoms with Crippen molar-refractivity contribution in [2.45, 2.75) is 105 Å². The van der Waals surface area contributed by atoms with Crippen molar-refractivity contribution in [2.75, 3.05) is 6.54 Å². The third kappa shape index (κ3) is 3.66. The lowest BCUT2D eigenvalue weighted by molar-refractivity contribution is -0.224. The first-order valence-corrected chi connectivity index (χ1v) is 17.3. The number of aromatic amines is 1. The van der Waals surface area contributed by atoms with E-state index in [1.165, 1.54) is 53.4 Å². The summed E-state index contributed by atoms with van der Waals surface area (Å²) in [6, 6.07) is 6.38. The molecule has 43 heavy (non-hydrogen) atoms. The van der Waals surface area contributed by atoms with Crippen LogP contribution < -0.4 is 5.32 Å². The predicted octanol–water partition coefficient (Wildman–Crippen LogP) is 9.24. The normalized spacial score (nSPS) is 42.5. The molecule has 4 saturated carbocycles. The second-order valence-electron chi connectivity index (χ2n) is 16.8. The molecule has 7 rings (SSSR count). The maximum atomic E-state index is 14.0. The van der Waals surface area contributed by atoms with Gasteiger partial charge in [-0.25, -0.2) is 0 Å². The van der Waals surface area contributed by atoms with E-state index in [0.717, 1.165) is 37.1 Å². The number of rotatable bonds is 3. The molecule has 0 aliphatic heterocycles. The first kappa shape index (κ1) is 29.5. The number of benzene rings is 1. The van der Waals surface area contributed by atoms with Gasteiger partial charge in [-0.1, -0.05) is 64.3 Å². The van der Waals surface area contributed by atoms with Crippen molar-refractivity contribution in [1.29, 1.82) is 0 Å². The van der Waals surface area contributed by atoms with Gasteiger partial charge in [-0.2, -0.15) is 0 Å². The van der Waals surface area contributed by atoms with Gasteiger partial charge in [0.05, 0.1) is 12.0 Å². The molecule has 0 bridgehead atoms. The number of hydrogen-bond donors (Lipinski definition) is 2. The van der Waals surface area contributed by atoms with Gasteiger partial charge in [-0.3, -0.25) is 4.79 Å². The second-order valence-corrected chi connectivity index (χ2v) is 17.2. The van der Waals surface area contributed by atoms with Gasteiger partial charge in [-0.15, -0.1) is 6.42 Å². The van der Waals surface area contributed by atoms with Crippen LogP contribution in [0.3, 0.4) is 0 Å². The Labute approximate surface area is 264 Å².